The zero-order valence-electron chi connectivity index (χ0n) is 12.2. The largest absolute Gasteiger partial charge is 0.235 e. The first-order valence-corrected chi connectivity index (χ1v) is 10.3. The minimum absolute atomic E-state index is 0.309. The molecule has 0 saturated heterocycles. The van der Waals surface area contributed by atoms with Gasteiger partial charge in [-0.3, -0.25) is 0 Å². The van der Waals surface area contributed by atoms with Crippen LogP contribution in [0.5, 0.6) is 0 Å². The lowest BCUT2D eigenvalue weighted by atomic mass is 9.95. The molecule has 0 unspecified atom stereocenters. The third kappa shape index (κ3) is 8.19. The van der Waals surface area contributed by atoms with Gasteiger partial charge in [-0.15, -0.1) is 0 Å². The van der Waals surface area contributed by atoms with Crippen LogP contribution in [0.2, 0.25) is 0 Å². The van der Waals surface area contributed by atoms with Crippen LogP contribution in [-0.2, 0) is 9.05 Å². The van der Waals surface area contributed by atoms with Crippen LogP contribution in [0.1, 0.15) is 84.0 Å². The number of hydrogen-bond acceptors (Lipinski definition) is 2. The average molecular weight is 309 g/mol. The average Bonchev–Trinajstić information content (AvgIpc) is 2.32. The van der Waals surface area contributed by atoms with E-state index in [1.807, 2.05) is 0 Å². The molecule has 0 N–H and O–H groups in total. The predicted molar refractivity (Wildman–Crippen MR) is 83.1 cm³/mol. The molecule has 1 aliphatic carbocycles. The maximum absolute atomic E-state index is 11.5. The molecule has 1 aliphatic rings. The highest BCUT2D eigenvalue weighted by Crippen LogP contribution is 2.24. The van der Waals surface area contributed by atoms with Crippen molar-refractivity contribution < 1.29 is 8.42 Å². The molecule has 0 aliphatic heterocycles. The number of halogens is 1. The summed E-state index contributed by atoms with van der Waals surface area (Å²) in [5.41, 5.74) is 0. The molecule has 0 amide bonds. The molecule has 2 nitrogen and oxygen atoms in total. The Balaban J connectivity index is 2.42. The van der Waals surface area contributed by atoms with Gasteiger partial charge in [-0.05, 0) is 18.8 Å². The normalized spacial score (nSPS) is 29.6. The second-order valence-corrected chi connectivity index (χ2v) is 9.09. The SMILES string of the molecule is CC1CCCCCCC(S(=O)(=O)Cl)CCCCCC1. The summed E-state index contributed by atoms with van der Waals surface area (Å²) in [6.07, 6.45) is 13.5. The molecule has 1 saturated carbocycles. The van der Waals surface area contributed by atoms with Gasteiger partial charge >= 0.3 is 0 Å². The van der Waals surface area contributed by atoms with Gasteiger partial charge in [0.2, 0.25) is 9.05 Å². The van der Waals surface area contributed by atoms with Crippen LogP contribution in [0.4, 0.5) is 0 Å². The second kappa shape index (κ2) is 9.23. The van der Waals surface area contributed by atoms with E-state index in [4.69, 9.17) is 10.7 Å². The quantitative estimate of drug-likeness (QED) is 0.620. The van der Waals surface area contributed by atoms with Crippen molar-refractivity contribution in [1.29, 1.82) is 0 Å². The fourth-order valence-electron chi connectivity index (χ4n) is 3.01. The predicted octanol–water partition coefficient (Wildman–Crippen LogP) is 5.25. The number of hydrogen-bond donors (Lipinski definition) is 0. The highest BCUT2D eigenvalue weighted by atomic mass is 35.7. The van der Waals surface area contributed by atoms with E-state index in [-0.39, 0.29) is 5.25 Å². The van der Waals surface area contributed by atoms with E-state index >= 15 is 0 Å². The van der Waals surface area contributed by atoms with Crippen LogP contribution in [0, 0.1) is 5.92 Å². The van der Waals surface area contributed by atoms with Crippen molar-refractivity contribution in [1.82, 2.24) is 0 Å². The lowest BCUT2D eigenvalue weighted by molar-refractivity contribution is 0.423. The summed E-state index contributed by atoms with van der Waals surface area (Å²) in [7, 11) is 2.19. The molecule has 4 heteroatoms. The summed E-state index contributed by atoms with van der Waals surface area (Å²) in [4.78, 5) is 0. The van der Waals surface area contributed by atoms with Gasteiger partial charge in [0.05, 0.1) is 5.25 Å². The minimum atomic E-state index is -3.37. The van der Waals surface area contributed by atoms with Gasteiger partial charge in [-0.2, -0.15) is 0 Å². The van der Waals surface area contributed by atoms with Crippen molar-refractivity contribution in [2.24, 2.45) is 5.92 Å². The standard InChI is InChI=1S/C15H29ClO2S/c1-14-10-6-2-4-8-12-15(19(16,17)18)13-9-5-3-7-11-14/h14-15H,2-13H2,1H3. The van der Waals surface area contributed by atoms with E-state index in [1.165, 1.54) is 38.5 Å². The monoisotopic (exact) mass is 308 g/mol. The molecule has 0 atom stereocenters. The zero-order chi connectivity index (χ0) is 14.1. The zero-order valence-corrected chi connectivity index (χ0v) is 13.8. The first-order valence-electron chi connectivity index (χ1n) is 7.93. The Morgan fingerprint density at radius 2 is 1.11 bits per heavy atom. The van der Waals surface area contributed by atoms with E-state index in [0.717, 1.165) is 44.4 Å². The molecule has 0 radical (unpaired) electrons. The van der Waals surface area contributed by atoms with Crippen LogP contribution in [-0.4, -0.2) is 13.7 Å². The molecule has 0 bridgehead atoms. The Kier molecular flexibility index (Phi) is 8.40. The van der Waals surface area contributed by atoms with E-state index < -0.39 is 9.05 Å². The maximum Gasteiger partial charge on any atom is 0.235 e. The Bertz CT molecular complexity index is 311. The van der Waals surface area contributed by atoms with Gasteiger partial charge in [0.25, 0.3) is 0 Å². The van der Waals surface area contributed by atoms with Crippen molar-refractivity contribution in [3.63, 3.8) is 0 Å². The Hall–Kier alpha value is 0.240. The third-order valence-electron chi connectivity index (χ3n) is 4.34. The smallest absolute Gasteiger partial charge is 0.212 e. The van der Waals surface area contributed by atoms with Crippen LogP contribution in [0.15, 0.2) is 0 Å². The minimum Gasteiger partial charge on any atom is -0.212 e. The van der Waals surface area contributed by atoms with Crippen molar-refractivity contribution in [2.75, 3.05) is 0 Å². The highest BCUT2D eigenvalue weighted by molar-refractivity contribution is 8.14. The first-order chi connectivity index (χ1) is 9.00. The molecule has 0 heterocycles. The lowest BCUT2D eigenvalue weighted by Crippen LogP contribution is -2.16. The molecule has 0 spiro atoms. The van der Waals surface area contributed by atoms with Gasteiger partial charge in [-0.25, -0.2) is 8.42 Å². The fraction of sp³-hybridized carbons (Fsp3) is 1.00. The Labute approximate surface area is 123 Å². The van der Waals surface area contributed by atoms with Crippen LogP contribution >= 0.6 is 10.7 Å². The molecule has 0 aromatic rings. The van der Waals surface area contributed by atoms with E-state index in [9.17, 15) is 8.42 Å². The van der Waals surface area contributed by atoms with Crippen molar-refractivity contribution in [3.8, 4) is 0 Å². The Morgan fingerprint density at radius 3 is 1.47 bits per heavy atom. The molecule has 1 rings (SSSR count). The van der Waals surface area contributed by atoms with Gasteiger partial charge in [-0.1, -0.05) is 71.1 Å². The maximum atomic E-state index is 11.5. The van der Waals surface area contributed by atoms with Gasteiger partial charge in [0.15, 0.2) is 0 Å². The lowest BCUT2D eigenvalue weighted by Gasteiger charge is -2.15. The summed E-state index contributed by atoms with van der Waals surface area (Å²) >= 11 is 0. The Morgan fingerprint density at radius 1 is 0.737 bits per heavy atom. The summed E-state index contributed by atoms with van der Waals surface area (Å²) in [5.74, 6) is 0.860. The number of rotatable bonds is 1. The van der Waals surface area contributed by atoms with Gasteiger partial charge < -0.3 is 0 Å². The molecule has 0 aromatic carbocycles. The van der Waals surface area contributed by atoms with Crippen LogP contribution in [0.3, 0.4) is 0 Å². The van der Waals surface area contributed by atoms with E-state index in [1.54, 1.807) is 0 Å². The van der Waals surface area contributed by atoms with Crippen LogP contribution in [0.25, 0.3) is 0 Å². The van der Waals surface area contributed by atoms with Gasteiger partial charge in [0.1, 0.15) is 0 Å². The molecule has 114 valence electrons. The summed E-state index contributed by atoms with van der Waals surface area (Å²) in [6.45, 7) is 2.36. The molecule has 0 aromatic heterocycles. The second-order valence-electron chi connectivity index (χ2n) is 6.19. The first kappa shape index (κ1) is 17.3. The molecular weight excluding hydrogens is 280 g/mol. The fourth-order valence-corrected chi connectivity index (χ4v) is 4.44. The summed E-state index contributed by atoms with van der Waals surface area (Å²) in [6, 6.07) is 0. The third-order valence-corrected chi connectivity index (χ3v) is 6.37. The van der Waals surface area contributed by atoms with Gasteiger partial charge in [0, 0.05) is 10.7 Å². The summed E-state index contributed by atoms with van der Waals surface area (Å²) < 4.78 is 23.1. The molecule has 19 heavy (non-hydrogen) atoms. The molecular formula is C15H29ClO2S. The summed E-state index contributed by atoms with van der Waals surface area (Å²) in [5, 5.41) is -0.309. The van der Waals surface area contributed by atoms with E-state index in [0.29, 0.717) is 0 Å². The topological polar surface area (TPSA) is 34.1 Å². The van der Waals surface area contributed by atoms with Crippen molar-refractivity contribution in [3.05, 3.63) is 0 Å². The van der Waals surface area contributed by atoms with E-state index in [2.05, 4.69) is 6.92 Å². The van der Waals surface area contributed by atoms with Crippen molar-refractivity contribution in [2.45, 2.75) is 89.2 Å². The van der Waals surface area contributed by atoms with Crippen molar-refractivity contribution >= 4 is 19.7 Å². The highest BCUT2D eigenvalue weighted by Gasteiger charge is 2.22. The molecule has 1 fully saturated rings. The van der Waals surface area contributed by atoms with Crippen LogP contribution < -0.4 is 0 Å².